The Morgan fingerprint density at radius 3 is 2.67 bits per heavy atom. The Hall–Kier alpha value is -2.71. The molecule has 0 aliphatic carbocycles. The molecule has 0 saturated heterocycles. The van der Waals surface area contributed by atoms with Gasteiger partial charge in [0.1, 0.15) is 0 Å². The Labute approximate surface area is 122 Å². The molecule has 2 rings (SSSR count). The third-order valence-corrected chi connectivity index (χ3v) is 2.93. The van der Waals surface area contributed by atoms with Crippen LogP contribution in [-0.4, -0.2) is 50.8 Å². The number of hydrogen-bond acceptors (Lipinski definition) is 7. The summed E-state index contributed by atoms with van der Waals surface area (Å²) >= 11 is 0. The summed E-state index contributed by atoms with van der Waals surface area (Å²) in [7, 11) is 1.54. The molecule has 0 saturated carbocycles. The highest BCUT2D eigenvalue weighted by atomic mass is 16.1. The molecule has 3 N–H and O–H groups in total. The van der Waals surface area contributed by atoms with Crippen LogP contribution in [0.15, 0.2) is 12.3 Å². The number of nitrogen functional groups attached to an aromatic ring is 1. The van der Waals surface area contributed by atoms with E-state index in [1.165, 1.54) is 4.68 Å². The topological polar surface area (TPSA) is 115 Å². The zero-order chi connectivity index (χ0) is 15.4. The first-order valence-corrected chi connectivity index (χ1v) is 6.63. The third kappa shape index (κ3) is 3.07. The lowest BCUT2D eigenvalue weighted by atomic mass is 10.4. The van der Waals surface area contributed by atoms with Crippen LogP contribution in [0.25, 0.3) is 5.95 Å². The Morgan fingerprint density at radius 1 is 1.33 bits per heavy atom. The summed E-state index contributed by atoms with van der Waals surface area (Å²) in [6, 6.07) is 1.58. The second-order valence-electron chi connectivity index (χ2n) is 4.19. The summed E-state index contributed by atoms with van der Waals surface area (Å²) in [5, 5.41) is 6.63. The molecule has 21 heavy (non-hydrogen) atoms. The fourth-order valence-electron chi connectivity index (χ4n) is 1.80. The predicted octanol–water partition coefficient (Wildman–Crippen LogP) is -0.155. The fraction of sp³-hybridized carbons (Fsp3) is 0.417. The molecule has 0 aliphatic heterocycles. The molecular formula is C12H18N8O. The highest BCUT2D eigenvalue weighted by Crippen LogP contribution is 2.11. The summed E-state index contributed by atoms with van der Waals surface area (Å²) < 4.78 is 1.40. The molecule has 0 atom stereocenters. The molecule has 2 aromatic heterocycles. The first kappa shape index (κ1) is 14.7. The largest absolute Gasteiger partial charge is 0.368 e. The number of hydrogen-bond donors (Lipinski definition) is 2. The van der Waals surface area contributed by atoms with Gasteiger partial charge >= 0.3 is 0 Å². The van der Waals surface area contributed by atoms with Gasteiger partial charge in [-0.3, -0.25) is 4.79 Å². The van der Waals surface area contributed by atoms with E-state index >= 15 is 0 Å². The van der Waals surface area contributed by atoms with Gasteiger partial charge in [0.2, 0.25) is 11.9 Å². The van der Waals surface area contributed by atoms with Crippen molar-refractivity contribution in [3.8, 4) is 5.95 Å². The maximum absolute atomic E-state index is 11.5. The quantitative estimate of drug-likeness (QED) is 0.786. The second kappa shape index (κ2) is 6.16. The standard InChI is InChI=1S/C12H18N8O/c1-4-19(5-2)11-15-10(13)16-12(17-11)20-7-6-8(18-20)9(21)14-3/h6-7H,4-5H2,1-3H3,(H,14,21)(H2,13,15,16,17). The summed E-state index contributed by atoms with van der Waals surface area (Å²) in [6.07, 6.45) is 1.60. The molecule has 0 spiro atoms. The summed E-state index contributed by atoms with van der Waals surface area (Å²) in [4.78, 5) is 26.0. The maximum atomic E-state index is 11.5. The lowest BCUT2D eigenvalue weighted by Gasteiger charge is -2.18. The smallest absolute Gasteiger partial charge is 0.271 e. The van der Waals surface area contributed by atoms with E-state index in [4.69, 9.17) is 5.73 Å². The minimum absolute atomic E-state index is 0.110. The molecule has 0 bridgehead atoms. The summed E-state index contributed by atoms with van der Waals surface area (Å²) in [6.45, 7) is 5.51. The van der Waals surface area contributed by atoms with Crippen LogP contribution in [0.2, 0.25) is 0 Å². The molecule has 0 fully saturated rings. The van der Waals surface area contributed by atoms with Gasteiger partial charge in [-0.25, -0.2) is 4.68 Å². The van der Waals surface area contributed by atoms with Crippen LogP contribution in [0.5, 0.6) is 0 Å². The van der Waals surface area contributed by atoms with E-state index in [9.17, 15) is 4.79 Å². The Balaban J connectivity index is 2.39. The van der Waals surface area contributed by atoms with Gasteiger partial charge in [0.25, 0.3) is 11.9 Å². The summed E-state index contributed by atoms with van der Waals surface area (Å²) in [5.74, 6) is 0.595. The first-order chi connectivity index (χ1) is 10.1. The van der Waals surface area contributed by atoms with Crippen LogP contribution in [0.3, 0.4) is 0 Å². The SMILES string of the molecule is CCN(CC)c1nc(N)nc(-n2ccc(C(=O)NC)n2)n1. The number of nitrogens with one attached hydrogen (secondary N) is 1. The van der Waals surface area contributed by atoms with Gasteiger partial charge in [0.05, 0.1) is 0 Å². The molecule has 0 radical (unpaired) electrons. The van der Waals surface area contributed by atoms with Crippen molar-refractivity contribution in [3.05, 3.63) is 18.0 Å². The lowest BCUT2D eigenvalue weighted by Crippen LogP contribution is -2.25. The number of carbonyl (C=O) groups is 1. The van der Waals surface area contributed by atoms with Crippen LogP contribution >= 0.6 is 0 Å². The van der Waals surface area contributed by atoms with Crippen molar-refractivity contribution >= 4 is 17.8 Å². The molecule has 0 aromatic carbocycles. The number of nitrogens with two attached hydrogens (primary N) is 1. The van der Waals surface area contributed by atoms with Gasteiger partial charge < -0.3 is 16.0 Å². The molecule has 1 amide bonds. The number of carbonyl (C=O) groups excluding carboxylic acids is 1. The van der Waals surface area contributed by atoms with E-state index in [1.54, 1.807) is 19.3 Å². The molecule has 2 aromatic rings. The normalized spacial score (nSPS) is 10.4. The van der Waals surface area contributed by atoms with E-state index in [0.29, 0.717) is 5.95 Å². The average Bonchev–Trinajstić information content (AvgIpc) is 2.97. The van der Waals surface area contributed by atoms with Crippen molar-refractivity contribution in [1.29, 1.82) is 0 Å². The van der Waals surface area contributed by atoms with Crippen molar-refractivity contribution in [1.82, 2.24) is 30.0 Å². The second-order valence-corrected chi connectivity index (χ2v) is 4.19. The lowest BCUT2D eigenvalue weighted by molar-refractivity contribution is 0.0957. The van der Waals surface area contributed by atoms with Gasteiger partial charge in [-0.1, -0.05) is 0 Å². The Morgan fingerprint density at radius 2 is 2.05 bits per heavy atom. The monoisotopic (exact) mass is 290 g/mol. The molecular weight excluding hydrogens is 272 g/mol. The van der Waals surface area contributed by atoms with Crippen molar-refractivity contribution in [3.63, 3.8) is 0 Å². The minimum Gasteiger partial charge on any atom is -0.368 e. The molecule has 112 valence electrons. The highest BCUT2D eigenvalue weighted by molar-refractivity contribution is 5.91. The number of rotatable bonds is 5. The fourth-order valence-corrected chi connectivity index (χ4v) is 1.80. The van der Waals surface area contributed by atoms with Crippen molar-refractivity contribution in [2.45, 2.75) is 13.8 Å². The van der Waals surface area contributed by atoms with Crippen LogP contribution < -0.4 is 16.0 Å². The predicted molar refractivity (Wildman–Crippen MR) is 78.3 cm³/mol. The van der Waals surface area contributed by atoms with Crippen LogP contribution in [0.4, 0.5) is 11.9 Å². The van der Waals surface area contributed by atoms with Crippen LogP contribution in [0.1, 0.15) is 24.3 Å². The molecule has 0 unspecified atom stereocenters. The third-order valence-electron chi connectivity index (χ3n) is 2.93. The van der Waals surface area contributed by atoms with Gasteiger partial charge in [-0.05, 0) is 19.9 Å². The summed E-state index contributed by atoms with van der Waals surface area (Å²) in [5.41, 5.74) is 6.01. The Bertz CT molecular complexity index is 634. The van der Waals surface area contributed by atoms with Gasteiger partial charge in [-0.2, -0.15) is 20.1 Å². The average molecular weight is 290 g/mol. The van der Waals surface area contributed by atoms with Crippen molar-refractivity contribution in [2.75, 3.05) is 30.8 Å². The minimum atomic E-state index is -0.278. The van der Waals surface area contributed by atoms with E-state index < -0.39 is 0 Å². The zero-order valence-corrected chi connectivity index (χ0v) is 12.2. The zero-order valence-electron chi connectivity index (χ0n) is 12.2. The van der Waals surface area contributed by atoms with Gasteiger partial charge in [0, 0.05) is 26.3 Å². The number of amides is 1. The number of anilines is 2. The van der Waals surface area contributed by atoms with Crippen molar-refractivity contribution in [2.24, 2.45) is 0 Å². The van der Waals surface area contributed by atoms with E-state index in [1.807, 2.05) is 18.7 Å². The number of nitrogens with zero attached hydrogens (tertiary/aromatic N) is 6. The van der Waals surface area contributed by atoms with E-state index in [0.717, 1.165) is 13.1 Å². The Kier molecular flexibility index (Phi) is 4.31. The number of aromatic nitrogens is 5. The van der Waals surface area contributed by atoms with Crippen LogP contribution in [0, 0.1) is 0 Å². The highest BCUT2D eigenvalue weighted by Gasteiger charge is 2.13. The van der Waals surface area contributed by atoms with Gasteiger partial charge in [-0.15, -0.1) is 0 Å². The van der Waals surface area contributed by atoms with Crippen LogP contribution in [-0.2, 0) is 0 Å². The molecule has 9 heteroatoms. The van der Waals surface area contributed by atoms with E-state index in [2.05, 4.69) is 25.4 Å². The van der Waals surface area contributed by atoms with Crippen molar-refractivity contribution < 1.29 is 4.79 Å². The first-order valence-electron chi connectivity index (χ1n) is 6.63. The van der Waals surface area contributed by atoms with E-state index in [-0.39, 0.29) is 23.5 Å². The maximum Gasteiger partial charge on any atom is 0.271 e. The molecule has 9 nitrogen and oxygen atoms in total. The molecule has 0 aliphatic rings. The molecule has 2 heterocycles. The van der Waals surface area contributed by atoms with Gasteiger partial charge in [0.15, 0.2) is 5.69 Å².